The van der Waals surface area contributed by atoms with Crippen LogP contribution in [0.2, 0.25) is 5.02 Å². The molecule has 130 valence electrons. The van der Waals surface area contributed by atoms with Gasteiger partial charge in [-0.15, -0.1) is 0 Å². The van der Waals surface area contributed by atoms with Crippen molar-refractivity contribution in [3.05, 3.63) is 64.7 Å². The van der Waals surface area contributed by atoms with Gasteiger partial charge in [0.25, 0.3) is 0 Å². The zero-order valence-corrected chi connectivity index (χ0v) is 14.9. The van der Waals surface area contributed by atoms with E-state index in [4.69, 9.17) is 16.3 Å². The highest BCUT2D eigenvalue weighted by molar-refractivity contribution is 6.30. The van der Waals surface area contributed by atoms with E-state index >= 15 is 0 Å². The SMILES string of the molecule is C[C@@H](O)CNCCCCOc1ccc(Cl)cc1Cc1ccccc1. The summed E-state index contributed by atoms with van der Waals surface area (Å²) in [6.45, 7) is 4.00. The van der Waals surface area contributed by atoms with E-state index < -0.39 is 0 Å². The molecule has 4 heteroatoms. The first kappa shape index (κ1) is 18.8. The highest BCUT2D eigenvalue weighted by Gasteiger charge is 2.06. The zero-order valence-electron chi connectivity index (χ0n) is 14.2. The van der Waals surface area contributed by atoms with Gasteiger partial charge in [0.15, 0.2) is 0 Å². The Balaban J connectivity index is 1.82. The van der Waals surface area contributed by atoms with E-state index in [1.54, 1.807) is 6.92 Å². The van der Waals surface area contributed by atoms with Crippen molar-refractivity contribution in [3.8, 4) is 5.75 Å². The summed E-state index contributed by atoms with van der Waals surface area (Å²) in [6, 6.07) is 16.1. The van der Waals surface area contributed by atoms with Crippen molar-refractivity contribution in [2.45, 2.75) is 32.3 Å². The van der Waals surface area contributed by atoms with E-state index in [1.807, 2.05) is 36.4 Å². The molecule has 3 nitrogen and oxygen atoms in total. The van der Waals surface area contributed by atoms with Crippen molar-refractivity contribution in [2.75, 3.05) is 19.7 Å². The van der Waals surface area contributed by atoms with E-state index in [2.05, 4.69) is 17.4 Å². The second-order valence-corrected chi connectivity index (χ2v) is 6.46. The summed E-state index contributed by atoms with van der Waals surface area (Å²) in [6.07, 6.45) is 2.51. The van der Waals surface area contributed by atoms with Crippen LogP contribution in [-0.4, -0.2) is 30.9 Å². The lowest BCUT2D eigenvalue weighted by atomic mass is 10.0. The third kappa shape index (κ3) is 6.91. The number of halogens is 1. The standard InChI is InChI=1S/C20H26ClNO2/c1-16(23)15-22-11-5-6-12-24-20-10-9-19(21)14-18(20)13-17-7-3-2-4-8-17/h2-4,7-10,14,16,22-23H,5-6,11-13,15H2,1H3/t16-/m1/s1. The lowest BCUT2D eigenvalue weighted by Crippen LogP contribution is -2.25. The summed E-state index contributed by atoms with van der Waals surface area (Å²) in [5.41, 5.74) is 2.35. The summed E-state index contributed by atoms with van der Waals surface area (Å²) in [4.78, 5) is 0. The van der Waals surface area contributed by atoms with Crippen molar-refractivity contribution in [1.29, 1.82) is 0 Å². The molecule has 0 fully saturated rings. The van der Waals surface area contributed by atoms with Gasteiger partial charge in [0, 0.05) is 18.0 Å². The number of aliphatic hydroxyl groups excluding tert-OH is 1. The summed E-state index contributed by atoms with van der Waals surface area (Å²) in [5, 5.41) is 13.1. The number of unbranched alkanes of at least 4 members (excludes halogenated alkanes) is 1. The Morgan fingerprint density at radius 1 is 1.12 bits per heavy atom. The fraction of sp³-hybridized carbons (Fsp3) is 0.400. The molecule has 0 heterocycles. The van der Waals surface area contributed by atoms with Crippen LogP contribution in [0.3, 0.4) is 0 Å². The van der Waals surface area contributed by atoms with Crippen LogP contribution in [0, 0.1) is 0 Å². The zero-order chi connectivity index (χ0) is 17.2. The van der Waals surface area contributed by atoms with Gasteiger partial charge in [0.2, 0.25) is 0 Å². The van der Waals surface area contributed by atoms with Crippen molar-refractivity contribution in [2.24, 2.45) is 0 Å². The first-order valence-corrected chi connectivity index (χ1v) is 8.87. The van der Waals surface area contributed by atoms with E-state index in [1.165, 1.54) is 5.56 Å². The highest BCUT2D eigenvalue weighted by Crippen LogP contribution is 2.25. The Morgan fingerprint density at radius 3 is 2.67 bits per heavy atom. The molecule has 0 amide bonds. The lowest BCUT2D eigenvalue weighted by Gasteiger charge is -2.12. The Kier molecular flexibility index (Phi) is 8.10. The summed E-state index contributed by atoms with van der Waals surface area (Å²) >= 11 is 6.14. The van der Waals surface area contributed by atoms with Crippen LogP contribution in [0.5, 0.6) is 5.75 Å². The molecule has 0 aliphatic rings. The van der Waals surface area contributed by atoms with Crippen molar-refractivity contribution in [1.82, 2.24) is 5.32 Å². The predicted molar refractivity (Wildman–Crippen MR) is 100.0 cm³/mol. The van der Waals surface area contributed by atoms with Crippen LogP contribution in [0.15, 0.2) is 48.5 Å². The minimum atomic E-state index is -0.295. The number of rotatable bonds is 10. The average molecular weight is 348 g/mol. The summed E-state index contributed by atoms with van der Waals surface area (Å²) in [5.74, 6) is 0.903. The second kappa shape index (κ2) is 10.3. The number of aliphatic hydroxyl groups is 1. The highest BCUT2D eigenvalue weighted by atomic mass is 35.5. The van der Waals surface area contributed by atoms with Crippen LogP contribution in [-0.2, 0) is 6.42 Å². The van der Waals surface area contributed by atoms with E-state index in [0.717, 1.165) is 42.1 Å². The third-order valence-electron chi connectivity index (χ3n) is 3.71. The Morgan fingerprint density at radius 2 is 1.92 bits per heavy atom. The summed E-state index contributed by atoms with van der Waals surface area (Å²) < 4.78 is 5.96. The Hall–Kier alpha value is -1.55. The van der Waals surface area contributed by atoms with E-state index in [0.29, 0.717) is 13.2 Å². The quantitative estimate of drug-likeness (QED) is 0.637. The summed E-state index contributed by atoms with van der Waals surface area (Å²) in [7, 11) is 0. The molecular weight excluding hydrogens is 322 g/mol. The molecule has 0 bridgehead atoms. The van der Waals surface area contributed by atoms with Crippen LogP contribution in [0.1, 0.15) is 30.9 Å². The molecule has 0 saturated carbocycles. The third-order valence-corrected chi connectivity index (χ3v) is 3.94. The number of ether oxygens (including phenoxy) is 1. The molecule has 2 N–H and O–H groups in total. The monoisotopic (exact) mass is 347 g/mol. The maximum absolute atomic E-state index is 9.18. The van der Waals surface area contributed by atoms with Gasteiger partial charge in [-0.2, -0.15) is 0 Å². The Bertz CT molecular complexity index is 602. The maximum Gasteiger partial charge on any atom is 0.122 e. The molecule has 2 aromatic carbocycles. The number of benzene rings is 2. The molecular formula is C20H26ClNO2. The van der Waals surface area contributed by atoms with Gasteiger partial charge in [-0.1, -0.05) is 41.9 Å². The van der Waals surface area contributed by atoms with Crippen molar-refractivity contribution >= 4 is 11.6 Å². The van der Waals surface area contributed by atoms with Gasteiger partial charge in [-0.25, -0.2) is 0 Å². The van der Waals surface area contributed by atoms with Gasteiger partial charge < -0.3 is 15.2 Å². The Labute approximate surface area is 149 Å². The smallest absolute Gasteiger partial charge is 0.122 e. The molecule has 2 aromatic rings. The number of nitrogens with one attached hydrogen (secondary N) is 1. The molecule has 0 spiro atoms. The topological polar surface area (TPSA) is 41.5 Å². The first-order chi connectivity index (χ1) is 11.6. The maximum atomic E-state index is 9.18. The molecule has 0 unspecified atom stereocenters. The van der Waals surface area contributed by atoms with Gasteiger partial charge >= 0.3 is 0 Å². The normalized spacial score (nSPS) is 12.1. The van der Waals surface area contributed by atoms with Gasteiger partial charge in [-0.05, 0) is 55.6 Å². The molecule has 0 aliphatic carbocycles. The average Bonchev–Trinajstić information content (AvgIpc) is 2.56. The molecule has 0 saturated heterocycles. The van der Waals surface area contributed by atoms with Crippen molar-refractivity contribution in [3.63, 3.8) is 0 Å². The minimum absolute atomic E-state index is 0.295. The van der Waals surface area contributed by atoms with Crippen LogP contribution in [0.4, 0.5) is 0 Å². The largest absolute Gasteiger partial charge is 0.493 e. The first-order valence-electron chi connectivity index (χ1n) is 8.49. The van der Waals surface area contributed by atoms with Crippen LogP contribution >= 0.6 is 11.6 Å². The number of hydrogen-bond acceptors (Lipinski definition) is 3. The minimum Gasteiger partial charge on any atom is -0.493 e. The van der Waals surface area contributed by atoms with Gasteiger partial charge in [0.1, 0.15) is 5.75 Å². The fourth-order valence-corrected chi connectivity index (χ4v) is 2.68. The molecule has 2 rings (SSSR count). The lowest BCUT2D eigenvalue weighted by molar-refractivity contribution is 0.191. The van der Waals surface area contributed by atoms with Gasteiger partial charge in [0.05, 0.1) is 12.7 Å². The second-order valence-electron chi connectivity index (χ2n) is 6.02. The van der Waals surface area contributed by atoms with Crippen LogP contribution < -0.4 is 10.1 Å². The van der Waals surface area contributed by atoms with E-state index in [-0.39, 0.29) is 6.10 Å². The number of hydrogen-bond donors (Lipinski definition) is 2. The van der Waals surface area contributed by atoms with Gasteiger partial charge in [-0.3, -0.25) is 0 Å². The van der Waals surface area contributed by atoms with Crippen molar-refractivity contribution < 1.29 is 9.84 Å². The van der Waals surface area contributed by atoms with E-state index in [9.17, 15) is 5.11 Å². The molecule has 0 aliphatic heterocycles. The molecule has 0 radical (unpaired) electrons. The van der Waals surface area contributed by atoms with Crippen LogP contribution in [0.25, 0.3) is 0 Å². The molecule has 24 heavy (non-hydrogen) atoms. The fourth-order valence-electron chi connectivity index (χ4n) is 2.49. The molecule has 1 atom stereocenters. The predicted octanol–water partition coefficient (Wildman–Crippen LogP) is 4.06. The molecule has 0 aromatic heterocycles.